The molecule has 0 bridgehead atoms. The largest absolute Gasteiger partial charge is 0.334 e. The highest BCUT2D eigenvalue weighted by molar-refractivity contribution is 5.90. The molecule has 1 aromatic heterocycles. The number of nitrogens with zero attached hydrogens (tertiary/aromatic N) is 3. The first-order chi connectivity index (χ1) is 8.14. The third kappa shape index (κ3) is 1.29. The van der Waals surface area contributed by atoms with Crippen LogP contribution in [0.15, 0.2) is 24.5 Å². The molecule has 84 valence electrons. The van der Waals surface area contributed by atoms with Crippen LogP contribution in [0, 0.1) is 11.3 Å². The number of carbonyl (C=O) groups excluding carboxylic acids is 1. The van der Waals surface area contributed by atoms with E-state index in [2.05, 4.69) is 11.1 Å². The Balaban J connectivity index is 2.13. The Morgan fingerprint density at radius 1 is 1.47 bits per heavy atom. The van der Waals surface area contributed by atoms with Crippen LogP contribution in [-0.4, -0.2) is 15.3 Å². The van der Waals surface area contributed by atoms with E-state index >= 15 is 0 Å². The molecule has 3 rings (SSSR count). The molecular weight excluding hydrogens is 214 g/mol. The van der Waals surface area contributed by atoms with E-state index in [0.29, 0.717) is 12.8 Å². The van der Waals surface area contributed by atoms with Crippen LogP contribution in [0.5, 0.6) is 0 Å². The van der Waals surface area contributed by atoms with Gasteiger partial charge in [-0.1, -0.05) is 6.07 Å². The van der Waals surface area contributed by atoms with Gasteiger partial charge in [0.25, 0.3) is 0 Å². The maximum absolute atomic E-state index is 11.1. The van der Waals surface area contributed by atoms with E-state index < -0.39 is 5.41 Å². The Bertz CT molecular complexity index is 655. The van der Waals surface area contributed by atoms with Crippen LogP contribution >= 0.6 is 0 Å². The number of aromatic nitrogens is 2. The fourth-order valence-electron chi connectivity index (χ4n) is 2.40. The van der Waals surface area contributed by atoms with Crippen molar-refractivity contribution in [3.63, 3.8) is 0 Å². The van der Waals surface area contributed by atoms with Crippen LogP contribution in [0.25, 0.3) is 11.0 Å². The molecule has 1 saturated carbocycles. The summed E-state index contributed by atoms with van der Waals surface area (Å²) in [5, 5.41) is 9.26. The highest BCUT2D eigenvalue weighted by Gasteiger charge is 2.45. The molecule has 1 fully saturated rings. The standard InChI is InChI=1S/C13H11N3O/c1-16-8-15-11-4-9(2-3-12(11)16)13(7-14)5-10(17)6-13/h2-4,8H,5-6H2,1H3. The number of nitriles is 1. The number of carbonyl (C=O) groups is 1. The minimum atomic E-state index is -0.608. The van der Waals surface area contributed by atoms with Gasteiger partial charge in [-0.2, -0.15) is 5.26 Å². The lowest BCUT2D eigenvalue weighted by Crippen LogP contribution is -2.40. The van der Waals surface area contributed by atoms with Gasteiger partial charge in [0.1, 0.15) is 5.78 Å². The SMILES string of the molecule is Cn1cnc2cc(C3(C#N)CC(=O)C3)ccc21. The number of imidazole rings is 1. The molecule has 1 heterocycles. The third-order valence-corrected chi connectivity index (χ3v) is 3.49. The van der Waals surface area contributed by atoms with Crippen LogP contribution in [0.4, 0.5) is 0 Å². The van der Waals surface area contributed by atoms with E-state index in [4.69, 9.17) is 0 Å². The summed E-state index contributed by atoms with van der Waals surface area (Å²) in [6.07, 6.45) is 2.42. The summed E-state index contributed by atoms with van der Waals surface area (Å²) in [4.78, 5) is 15.4. The van der Waals surface area contributed by atoms with Gasteiger partial charge in [-0.15, -0.1) is 0 Å². The molecular formula is C13H11N3O. The van der Waals surface area contributed by atoms with Gasteiger partial charge in [-0.25, -0.2) is 4.98 Å². The Morgan fingerprint density at radius 3 is 2.88 bits per heavy atom. The summed E-state index contributed by atoms with van der Waals surface area (Å²) in [6, 6.07) is 8.09. The average Bonchev–Trinajstić information content (AvgIpc) is 2.66. The Labute approximate surface area is 98.5 Å². The second kappa shape index (κ2) is 3.17. The van der Waals surface area contributed by atoms with Crippen molar-refractivity contribution in [2.24, 2.45) is 7.05 Å². The molecule has 4 heteroatoms. The van der Waals surface area contributed by atoms with E-state index in [9.17, 15) is 10.1 Å². The van der Waals surface area contributed by atoms with E-state index in [1.165, 1.54) is 0 Å². The zero-order valence-electron chi connectivity index (χ0n) is 9.47. The number of rotatable bonds is 1. The second-order valence-electron chi connectivity index (χ2n) is 4.65. The van der Waals surface area contributed by atoms with Gasteiger partial charge < -0.3 is 4.57 Å². The number of aryl methyl sites for hydroxylation is 1. The van der Waals surface area contributed by atoms with E-state index in [0.717, 1.165) is 16.6 Å². The third-order valence-electron chi connectivity index (χ3n) is 3.49. The van der Waals surface area contributed by atoms with E-state index in [1.807, 2.05) is 29.8 Å². The van der Waals surface area contributed by atoms with Gasteiger partial charge in [-0.3, -0.25) is 4.79 Å². The first kappa shape index (κ1) is 10.0. The molecule has 0 N–H and O–H groups in total. The first-order valence-electron chi connectivity index (χ1n) is 5.49. The van der Waals surface area contributed by atoms with Crippen molar-refractivity contribution in [3.8, 4) is 6.07 Å². The van der Waals surface area contributed by atoms with E-state index in [1.54, 1.807) is 6.33 Å². The molecule has 0 atom stereocenters. The maximum Gasteiger partial charge on any atom is 0.136 e. The van der Waals surface area contributed by atoms with Crippen LogP contribution in [-0.2, 0) is 17.3 Å². The number of benzene rings is 1. The summed E-state index contributed by atoms with van der Waals surface area (Å²) in [6.45, 7) is 0. The zero-order valence-corrected chi connectivity index (χ0v) is 9.47. The van der Waals surface area contributed by atoms with Gasteiger partial charge in [0.2, 0.25) is 0 Å². The monoisotopic (exact) mass is 225 g/mol. The number of ketones is 1. The Hall–Kier alpha value is -2.15. The van der Waals surface area contributed by atoms with Crippen molar-refractivity contribution in [1.29, 1.82) is 5.26 Å². The molecule has 4 nitrogen and oxygen atoms in total. The molecule has 1 aliphatic rings. The summed E-state index contributed by atoms with van der Waals surface area (Å²) in [7, 11) is 1.93. The van der Waals surface area contributed by atoms with Crippen molar-refractivity contribution in [2.45, 2.75) is 18.3 Å². The fraction of sp³-hybridized carbons (Fsp3) is 0.308. The van der Waals surface area contributed by atoms with Crippen molar-refractivity contribution < 1.29 is 4.79 Å². The van der Waals surface area contributed by atoms with Crippen molar-refractivity contribution in [1.82, 2.24) is 9.55 Å². The number of Topliss-reactive ketones (excluding diaryl/α,β-unsaturated/α-hetero) is 1. The number of hydrogen-bond acceptors (Lipinski definition) is 3. The average molecular weight is 225 g/mol. The van der Waals surface area contributed by atoms with Crippen LogP contribution < -0.4 is 0 Å². The van der Waals surface area contributed by atoms with Crippen LogP contribution in [0.3, 0.4) is 0 Å². The Kier molecular flexibility index (Phi) is 1.87. The van der Waals surface area contributed by atoms with Gasteiger partial charge >= 0.3 is 0 Å². The highest BCUT2D eigenvalue weighted by Crippen LogP contribution is 2.41. The summed E-state index contributed by atoms with van der Waals surface area (Å²) in [5.74, 6) is 0.160. The topological polar surface area (TPSA) is 58.7 Å². The molecule has 1 aliphatic carbocycles. The molecule has 17 heavy (non-hydrogen) atoms. The van der Waals surface area contributed by atoms with Gasteiger partial charge in [0.05, 0.1) is 28.8 Å². The second-order valence-corrected chi connectivity index (χ2v) is 4.65. The Morgan fingerprint density at radius 2 is 2.24 bits per heavy atom. The molecule has 0 saturated heterocycles. The van der Waals surface area contributed by atoms with Gasteiger partial charge in [0.15, 0.2) is 0 Å². The van der Waals surface area contributed by atoms with Crippen molar-refractivity contribution >= 4 is 16.8 Å². The lowest BCUT2D eigenvalue weighted by molar-refractivity contribution is -0.126. The van der Waals surface area contributed by atoms with Crippen LogP contribution in [0.1, 0.15) is 18.4 Å². The lowest BCUT2D eigenvalue weighted by Gasteiger charge is -2.34. The normalized spacial score (nSPS) is 17.8. The van der Waals surface area contributed by atoms with Gasteiger partial charge in [0, 0.05) is 19.9 Å². The quantitative estimate of drug-likeness (QED) is 0.742. The van der Waals surface area contributed by atoms with Gasteiger partial charge in [-0.05, 0) is 17.7 Å². The first-order valence-corrected chi connectivity index (χ1v) is 5.49. The predicted molar refractivity (Wildman–Crippen MR) is 62.2 cm³/mol. The highest BCUT2D eigenvalue weighted by atomic mass is 16.1. The maximum atomic E-state index is 11.1. The molecule has 0 radical (unpaired) electrons. The number of hydrogen-bond donors (Lipinski definition) is 0. The summed E-state index contributed by atoms with van der Waals surface area (Å²) < 4.78 is 1.93. The fourth-order valence-corrected chi connectivity index (χ4v) is 2.40. The lowest BCUT2D eigenvalue weighted by atomic mass is 9.65. The van der Waals surface area contributed by atoms with Crippen LogP contribution in [0.2, 0.25) is 0 Å². The smallest absolute Gasteiger partial charge is 0.136 e. The van der Waals surface area contributed by atoms with Crippen molar-refractivity contribution in [3.05, 3.63) is 30.1 Å². The summed E-state index contributed by atoms with van der Waals surface area (Å²) in [5.41, 5.74) is 2.21. The number of fused-ring (bicyclic) bond motifs is 1. The molecule has 1 aromatic carbocycles. The zero-order chi connectivity index (χ0) is 12.0. The minimum absolute atomic E-state index is 0.160. The molecule has 0 aliphatic heterocycles. The minimum Gasteiger partial charge on any atom is -0.334 e. The molecule has 0 spiro atoms. The summed E-state index contributed by atoms with van der Waals surface area (Å²) >= 11 is 0. The predicted octanol–water partition coefficient (Wildman–Crippen LogP) is 1.70. The van der Waals surface area contributed by atoms with E-state index in [-0.39, 0.29) is 5.78 Å². The molecule has 0 amide bonds. The molecule has 2 aromatic rings. The molecule has 0 unspecified atom stereocenters. The van der Waals surface area contributed by atoms with Crippen molar-refractivity contribution in [2.75, 3.05) is 0 Å².